The maximum absolute atomic E-state index is 10.5. The Morgan fingerprint density at radius 1 is 1.38 bits per heavy atom. The van der Waals surface area contributed by atoms with Gasteiger partial charge in [-0.2, -0.15) is 0 Å². The average molecular weight is 183 g/mol. The summed E-state index contributed by atoms with van der Waals surface area (Å²) in [4.78, 5) is 12.8. The summed E-state index contributed by atoms with van der Waals surface area (Å²) in [5.74, 6) is -0.808. The SMILES string of the molecule is C/C(=C\CN1CCCCC1)C(=O)O. The molecular weight excluding hydrogens is 166 g/mol. The Balaban J connectivity index is 2.31. The van der Waals surface area contributed by atoms with E-state index >= 15 is 0 Å². The van der Waals surface area contributed by atoms with E-state index < -0.39 is 5.97 Å². The smallest absolute Gasteiger partial charge is 0.330 e. The fourth-order valence-electron chi connectivity index (χ4n) is 1.50. The molecule has 1 fully saturated rings. The number of hydrogen-bond donors (Lipinski definition) is 1. The molecule has 0 aliphatic carbocycles. The molecule has 3 nitrogen and oxygen atoms in total. The van der Waals surface area contributed by atoms with Crippen molar-refractivity contribution < 1.29 is 9.90 Å². The molecule has 1 aliphatic heterocycles. The van der Waals surface area contributed by atoms with Gasteiger partial charge in [-0.25, -0.2) is 4.79 Å². The van der Waals surface area contributed by atoms with Gasteiger partial charge in [-0.15, -0.1) is 0 Å². The fourth-order valence-corrected chi connectivity index (χ4v) is 1.50. The number of aliphatic carboxylic acids is 1. The van der Waals surface area contributed by atoms with Crippen molar-refractivity contribution in [2.45, 2.75) is 26.2 Å². The molecular formula is C10H17NO2. The summed E-state index contributed by atoms with van der Waals surface area (Å²) < 4.78 is 0. The Morgan fingerprint density at radius 3 is 2.54 bits per heavy atom. The van der Waals surface area contributed by atoms with Crippen molar-refractivity contribution in [3.05, 3.63) is 11.6 Å². The van der Waals surface area contributed by atoms with Crippen molar-refractivity contribution in [1.29, 1.82) is 0 Å². The largest absolute Gasteiger partial charge is 0.478 e. The van der Waals surface area contributed by atoms with Crippen LogP contribution in [-0.2, 0) is 4.79 Å². The normalized spacial score (nSPS) is 20.2. The van der Waals surface area contributed by atoms with Crippen molar-refractivity contribution in [2.75, 3.05) is 19.6 Å². The molecule has 74 valence electrons. The third-order valence-corrected chi connectivity index (χ3v) is 2.44. The predicted octanol–water partition coefficient (Wildman–Crippen LogP) is 1.50. The van der Waals surface area contributed by atoms with Crippen molar-refractivity contribution in [1.82, 2.24) is 4.90 Å². The van der Waals surface area contributed by atoms with Gasteiger partial charge in [0, 0.05) is 12.1 Å². The van der Waals surface area contributed by atoms with E-state index in [9.17, 15) is 4.79 Å². The third kappa shape index (κ3) is 3.59. The molecule has 0 aromatic heterocycles. The highest BCUT2D eigenvalue weighted by Crippen LogP contribution is 2.08. The average Bonchev–Trinajstić information content (AvgIpc) is 2.15. The number of hydrogen-bond acceptors (Lipinski definition) is 2. The minimum Gasteiger partial charge on any atom is -0.478 e. The van der Waals surface area contributed by atoms with Gasteiger partial charge in [0.25, 0.3) is 0 Å². The lowest BCUT2D eigenvalue weighted by molar-refractivity contribution is -0.132. The van der Waals surface area contributed by atoms with Gasteiger partial charge < -0.3 is 5.11 Å². The fraction of sp³-hybridized carbons (Fsp3) is 0.700. The minimum absolute atomic E-state index is 0.450. The third-order valence-electron chi connectivity index (χ3n) is 2.44. The first kappa shape index (κ1) is 10.3. The molecule has 0 bridgehead atoms. The molecule has 0 radical (unpaired) electrons. The van der Waals surface area contributed by atoms with Crippen LogP contribution in [-0.4, -0.2) is 35.6 Å². The molecule has 3 heteroatoms. The van der Waals surface area contributed by atoms with E-state index in [1.54, 1.807) is 13.0 Å². The van der Waals surface area contributed by atoms with Gasteiger partial charge in [-0.1, -0.05) is 12.5 Å². The highest BCUT2D eigenvalue weighted by Gasteiger charge is 2.08. The van der Waals surface area contributed by atoms with Crippen LogP contribution >= 0.6 is 0 Å². The zero-order chi connectivity index (χ0) is 9.68. The lowest BCUT2D eigenvalue weighted by atomic mass is 10.1. The summed E-state index contributed by atoms with van der Waals surface area (Å²) >= 11 is 0. The molecule has 1 saturated heterocycles. The highest BCUT2D eigenvalue weighted by molar-refractivity contribution is 5.85. The summed E-state index contributed by atoms with van der Waals surface area (Å²) in [5.41, 5.74) is 0.450. The summed E-state index contributed by atoms with van der Waals surface area (Å²) in [6.45, 7) is 4.66. The highest BCUT2D eigenvalue weighted by atomic mass is 16.4. The van der Waals surface area contributed by atoms with E-state index in [1.807, 2.05) is 0 Å². The van der Waals surface area contributed by atoms with Crippen LogP contribution in [0.1, 0.15) is 26.2 Å². The van der Waals surface area contributed by atoms with Gasteiger partial charge in [0.05, 0.1) is 0 Å². The summed E-state index contributed by atoms with van der Waals surface area (Å²) in [5, 5.41) is 8.62. The molecule has 0 unspecified atom stereocenters. The Morgan fingerprint density at radius 2 is 2.00 bits per heavy atom. The number of likely N-dealkylation sites (tertiary alicyclic amines) is 1. The van der Waals surface area contributed by atoms with Gasteiger partial charge in [-0.05, 0) is 32.9 Å². The quantitative estimate of drug-likeness (QED) is 0.674. The van der Waals surface area contributed by atoms with E-state index in [0.717, 1.165) is 19.6 Å². The van der Waals surface area contributed by atoms with Crippen LogP contribution in [0.25, 0.3) is 0 Å². The Kier molecular flexibility index (Phi) is 3.96. The lowest BCUT2D eigenvalue weighted by Gasteiger charge is -2.24. The monoisotopic (exact) mass is 183 g/mol. The van der Waals surface area contributed by atoms with Crippen LogP contribution in [0.2, 0.25) is 0 Å². The molecule has 1 N–H and O–H groups in total. The molecule has 0 aromatic carbocycles. The maximum Gasteiger partial charge on any atom is 0.330 e. The predicted molar refractivity (Wildman–Crippen MR) is 51.7 cm³/mol. The Labute approximate surface area is 79.0 Å². The summed E-state index contributed by atoms with van der Waals surface area (Å²) in [6.07, 6.45) is 5.62. The molecule has 0 aromatic rings. The van der Waals surface area contributed by atoms with Gasteiger partial charge in [0.15, 0.2) is 0 Å². The van der Waals surface area contributed by atoms with Crippen LogP contribution in [0.3, 0.4) is 0 Å². The second-order valence-corrected chi connectivity index (χ2v) is 3.55. The number of carboxylic acid groups (broad SMARTS) is 1. The zero-order valence-corrected chi connectivity index (χ0v) is 8.12. The number of nitrogens with zero attached hydrogens (tertiary/aromatic N) is 1. The first-order chi connectivity index (χ1) is 6.20. The minimum atomic E-state index is -0.808. The number of rotatable bonds is 3. The Bertz CT molecular complexity index is 205. The second kappa shape index (κ2) is 5.02. The van der Waals surface area contributed by atoms with E-state index in [2.05, 4.69) is 4.90 Å². The summed E-state index contributed by atoms with van der Waals surface area (Å²) in [7, 11) is 0. The van der Waals surface area contributed by atoms with Crippen LogP contribution in [0.15, 0.2) is 11.6 Å². The van der Waals surface area contributed by atoms with Crippen LogP contribution in [0.5, 0.6) is 0 Å². The number of carboxylic acids is 1. The molecule has 1 aliphatic rings. The summed E-state index contributed by atoms with van der Waals surface area (Å²) in [6, 6.07) is 0. The van der Waals surface area contributed by atoms with Crippen LogP contribution in [0.4, 0.5) is 0 Å². The topological polar surface area (TPSA) is 40.5 Å². The van der Waals surface area contributed by atoms with Crippen molar-refractivity contribution in [2.24, 2.45) is 0 Å². The maximum atomic E-state index is 10.5. The Hall–Kier alpha value is -0.830. The first-order valence-electron chi connectivity index (χ1n) is 4.82. The lowest BCUT2D eigenvalue weighted by Crippen LogP contribution is -2.30. The molecule has 0 atom stereocenters. The number of piperidine rings is 1. The molecule has 1 rings (SSSR count). The van der Waals surface area contributed by atoms with Gasteiger partial charge in [0.1, 0.15) is 0 Å². The standard InChI is InChI=1S/C10H17NO2/c1-9(10(12)13)5-8-11-6-3-2-4-7-11/h5H,2-4,6-8H2,1H3,(H,12,13)/b9-5+. The van der Waals surface area contributed by atoms with Gasteiger partial charge in [0.2, 0.25) is 0 Å². The van der Waals surface area contributed by atoms with Gasteiger partial charge in [-0.3, -0.25) is 4.90 Å². The van der Waals surface area contributed by atoms with Crippen molar-refractivity contribution in [3.8, 4) is 0 Å². The van der Waals surface area contributed by atoms with Gasteiger partial charge >= 0.3 is 5.97 Å². The molecule has 0 spiro atoms. The van der Waals surface area contributed by atoms with Crippen LogP contribution in [0, 0.1) is 0 Å². The van der Waals surface area contributed by atoms with E-state index in [4.69, 9.17) is 5.11 Å². The van der Waals surface area contributed by atoms with Crippen molar-refractivity contribution >= 4 is 5.97 Å². The molecule has 13 heavy (non-hydrogen) atoms. The number of carbonyl (C=O) groups is 1. The molecule has 0 saturated carbocycles. The molecule has 1 heterocycles. The van der Waals surface area contributed by atoms with E-state index in [1.165, 1.54) is 19.3 Å². The second-order valence-electron chi connectivity index (χ2n) is 3.55. The van der Waals surface area contributed by atoms with E-state index in [0.29, 0.717) is 5.57 Å². The van der Waals surface area contributed by atoms with E-state index in [-0.39, 0.29) is 0 Å². The van der Waals surface area contributed by atoms with Crippen molar-refractivity contribution in [3.63, 3.8) is 0 Å². The first-order valence-corrected chi connectivity index (χ1v) is 4.82. The van der Waals surface area contributed by atoms with Crippen LogP contribution < -0.4 is 0 Å². The molecule has 0 amide bonds. The zero-order valence-electron chi connectivity index (χ0n) is 8.12.